The van der Waals surface area contributed by atoms with Gasteiger partial charge in [0.15, 0.2) is 0 Å². The largest absolute Gasteiger partial charge is 0.392 e. The van der Waals surface area contributed by atoms with Gasteiger partial charge in [0.05, 0.1) is 24.3 Å². The maximum atomic E-state index is 12.3. The summed E-state index contributed by atoms with van der Waals surface area (Å²) >= 11 is 11.8. The van der Waals surface area contributed by atoms with Gasteiger partial charge in [-0.3, -0.25) is 0 Å². The number of halogens is 2. The molecule has 0 heterocycles. The molecule has 0 aliphatic carbocycles. The molecule has 0 fully saturated rings. The molecule has 120 valence electrons. The average molecular weight is 358 g/mol. The molecule has 0 amide bonds. The van der Waals surface area contributed by atoms with Gasteiger partial charge >= 0.3 is 0 Å². The van der Waals surface area contributed by atoms with Crippen molar-refractivity contribution < 1.29 is 23.0 Å². The lowest BCUT2D eigenvalue weighted by atomic mass is 10.2. The monoisotopic (exact) mass is 357 g/mol. The minimum absolute atomic E-state index is 0.0178. The second-order valence-corrected chi connectivity index (χ2v) is 6.75. The number of hydrogen-bond acceptors (Lipinski definition) is 5. The number of sulfonamides is 1. The quantitative estimate of drug-likeness (QED) is 0.734. The highest BCUT2D eigenvalue weighted by Crippen LogP contribution is 2.29. The highest BCUT2D eigenvalue weighted by Gasteiger charge is 2.22. The molecular weight excluding hydrogens is 341 g/mol. The lowest BCUT2D eigenvalue weighted by Gasteiger charge is -2.16. The van der Waals surface area contributed by atoms with E-state index in [1.807, 2.05) is 0 Å². The van der Waals surface area contributed by atoms with Gasteiger partial charge < -0.3 is 14.6 Å². The number of ether oxygens (including phenoxy) is 2. The van der Waals surface area contributed by atoms with Crippen LogP contribution in [-0.2, 0) is 26.1 Å². The number of methoxy groups -OCH3 is 2. The molecular formula is C12H17Cl2NO5S. The zero-order chi connectivity index (χ0) is 16.0. The van der Waals surface area contributed by atoms with Crippen LogP contribution in [0.2, 0.25) is 10.0 Å². The molecule has 1 rings (SSSR count). The minimum atomic E-state index is -3.88. The molecule has 1 atom stereocenters. The van der Waals surface area contributed by atoms with E-state index in [2.05, 4.69) is 4.72 Å². The fourth-order valence-electron chi connectivity index (χ4n) is 1.61. The van der Waals surface area contributed by atoms with Gasteiger partial charge in [-0.15, -0.1) is 0 Å². The Morgan fingerprint density at radius 2 is 2.00 bits per heavy atom. The summed E-state index contributed by atoms with van der Waals surface area (Å²) in [5.41, 5.74) is 0.240. The van der Waals surface area contributed by atoms with Crippen molar-refractivity contribution in [1.29, 1.82) is 0 Å². The summed E-state index contributed by atoms with van der Waals surface area (Å²) in [4.78, 5) is -0.187. The van der Waals surface area contributed by atoms with Crippen LogP contribution in [0.25, 0.3) is 0 Å². The Kier molecular flexibility index (Phi) is 7.35. The Bertz CT molecular complexity index is 579. The lowest BCUT2D eigenvalue weighted by Crippen LogP contribution is -2.35. The predicted molar refractivity (Wildman–Crippen MR) is 80.2 cm³/mol. The van der Waals surface area contributed by atoms with Gasteiger partial charge in [-0.1, -0.05) is 23.2 Å². The molecule has 0 saturated heterocycles. The summed E-state index contributed by atoms with van der Waals surface area (Å²) in [6.45, 7) is -0.152. The molecule has 6 nitrogen and oxygen atoms in total. The van der Waals surface area contributed by atoms with Crippen LogP contribution in [0, 0.1) is 0 Å². The lowest BCUT2D eigenvalue weighted by molar-refractivity contribution is 0.0320. The molecule has 0 spiro atoms. The Labute approximate surface area is 134 Å². The van der Waals surface area contributed by atoms with Gasteiger partial charge in [0.25, 0.3) is 0 Å². The third-order valence-electron chi connectivity index (χ3n) is 2.73. The van der Waals surface area contributed by atoms with E-state index >= 15 is 0 Å². The van der Waals surface area contributed by atoms with Crippen molar-refractivity contribution in [2.45, 2.75) is 17.6 Å². The molecule has 0 radical (unpaired) electrons. The smallest absolute Gasteiger partial charge is 0.242 e. The number of aliphatic hydroxyl groups excluding tert-OH is 1. The van der Waals surface area contributed by atoms with Crippen LogP contribution in [0.3, 0.4) is 0 Å². The minimum Gasteiger partial charge on any atom is -0.392 e. The topological polar surface area (TPSA) is 84.9 Å². The Morgan fingerprint density at radius 3 is 2.52 bits per heavy atom. The summed E-state index contributed by atoms with van der Waals surface area (Å²) in [5.74, 6) is 0. The van der Waals surface area contributed by atoms with Crippen molar-refractivity contribution in [3.63, 3.8) is 0 Å². The average Bonchev–Trinajstić information content (AvgIpc) is 2.45. The Morgan fingerprint density at radius 1 is 1.33 bits per heavy atom. The van der Waals surface area contributed by atoms with E-state index in [9.17, 15) is 8.42 Å². The van der Waals surface area contributed by atoms with E-state index in [0.717, 1.165) is 0 Å². The number of rotatable bonds is 8. The molecule has 2 N–H and O–H groups in total. The molecule has 21 heavy (non-hydrogen) atoms. The Hall–Kier alpha value is -0.410. The number of hydrogen-bond donors (Lipinski definition) is 2. The zero-order valence-electron chi connectivity index (χ0n) is 11.6. The molecule has 0 aliphatic rings. The summed E-state index contributed by atoms with van der Waals surface area (Å²) in [6.07, 6.45) is -0.431. The highest BCUT2D eigenvalue weighted by atomic mass is 35.5. The van der Waals surface area contributed by atoms with Gasteiger partial charge in [0.1, 0.15) is 4.90 Å². The molecule has 0 saturated carbocycles. The fourth-order valence-corrected chi connectivity index (χ4v) is 3.59. The second-order valence-electron chi connectivity index (χ2n) is 4.20. The van der Waals surface area contributed by atoms with Crippen LogP contribution in [0.15, 0.2) is 17.0 Å². The van der Waals surface area contributed by atoms with Crippen molar-refractivity contribution in [2.24, 2.45) is 0 Å². The summed E-state index contributed by atoms with van der Waals surface area (Å²) in [6, 6.07) is 2.63. The van der Waals surface area contributed by atoms with Crippen molar-refractivity contribution in [2.75, 3.05) is 27.4 Å². The fraction of sp³-hybridized carbons (Fsp3) is 0.500. The van der Waals surface area contributed by atoms with Crippen molar-refractivity contribution >= 4 is 33.2 Å². The maximum Gasteiger partial charge on any atom is 0.242 e. The van der Waals surface area contributed by atoms with Crippen LogP contribution in [-0.4, -0.2) is 47.0 Å². The van der Waals surface area contributed by atoms with Crippen molar-refractivity contribution in [3.8, 4) is 0 Å². The third-order valence-corrected chi connectivity index (χ3v) is 4.95. The van der Waals surface area contributed by atoms with Crippen LogP contribution < -0.4 is 4.72 Å². The van der Waals surface area contributed by atoms with Gasteiger partial charge in [-0.05, 0) is 17.7 Å². The first-order valence-electron chi connectivity index (χ1n) is 5.95. The van der Waals surface area contributed by atoms with E-state index in [4.69, 9.17) is 37.8 Å². The van der Waals surface area contributed by atoms with Crippen molar-refractivity contribution in [1.82, 2.24) is 4.72 Å². The highest BCUT2D eigenvalue weighted by molar-refractivity contribution is 7.89. The van der Waals surface area contributed by atoms with Gasteiger partial charge in [-0.25, -0.2) is 13.1 Å². The van der Waals surface area contributed by atoms with Crippen LogP contribution in [0.5, 0.6) is 0 Å². The number of aliphatic hydroxyl groups is 1. The molecule has 0 aliphatic heterocycles. The van der Waals surface area contributed by atoms with Crippen molar-refractivity contribution in [3.05, 3.63) is 27.7 Å². The molecule has 0 aromatic heterocycles. The molecule has 1 unspecified atom stereocenters. The zero-order valence-corrected chi connectivity index (χ0v) is 13.9. The molecule has 1 aromatic rings. The second kappa shape index (κ2) is 8.28. The normalized spacial score (nSPS) is 13.4. The number of benzene rings is 1. The number of nitrogens with one attached hydrogen (secondary N) is 1. The van der Waals surface area contributed by atoms with Crippen LogP contribution in [0.1, 0.15) is 5.56 Å². The van der Waals surface area contributed by atoms with E-state index in [1.54, 1.807) is 0 Å². The maximum absolute atomic E-state index is 12.3. The van der Waals surface area contributed by atoms with Gasteiger partial charge in [0, 0.05) is 25.8 Å². The molecule has 1 aromatic carbocycles. The van der Waals surface area contributed by atoms with Crippen LogP contribution >= 0.6 is 23.2 Å². The van der Waals surface area contributed by atoms with Crippen LogP contribution in [0.4, 0.5) is 0 Å². The first kappa shape index (κ1) is 18.6. The predicted octanol–water partition coefficient (Wildman–Crippen LogP) is 1.43. The van der Waals surface area contributed by atoms with Gasteiger partial charge in [-0.2, -0.15) is 0 Å². The third kappa shape index (κ3) is 5.07. The first-order chi connectivity index (χ1) is 9.85. The summed E-state index contributed by atoms with van der Waals surface area (Å²) in [5, 5.41) is 9.27. The standard InChI is InChI=1S/C12H17Cl2NO5S/c1-19-7-10(20-2)5-15-21(17,18)11-4-9(13)3-8(6-16)12(11)14/h3-4,10,15-16H,5-7H2,1-2H3. The first-order valence-corrected chi connectivity index (χ1v) is 8.19. The van der Waals surface area contributed by atoms with E-state index < -0.39 is 22.7 Å². The SMILES string of the molecule is COCC(CNS(=O)(=O)c1cc(Cl)cc(CO)c1Cl)OC. The molecule has 9 heteroatoms. The Balaban J connectivity index is 3.00. The summed E-state index contributed by atoms with van der Waals surface area (Å²) in [7, 11) is -0.942. The summed E-state index contributed by atoms with van der Waals surface area (Å²) < 4.78 is 36.9. The molecule has 0 bridgehead atoms. The van der Waals surface area contributed by atoms with E-state index in [0.29, 0.717) is 0 Å². The van der Waals surface area contributed by atoms with E-state index in [1.165, 1.54) is 26.4 Å². The van der Waals surface area contributed by atoms with Gasteiger partial charge in [0.2, 0.25) is 10.0 Å². The van der Waals surface area contributed by atoms with E-state index in [-0.39, 0.29) is 33.7 Å².